The maximum absolute atomic E-state index is 14.6. The van der Waals surface area contributed by atoms with Gasteiger partial charge in [-0.05, 0) is 87.6 Å². The second kappa shape index (κ2) is 14.6. The van der Waals surface area contributed by atoms with Gasteiger partial charge in [0.1, 0.15) is 12.6 Å². The molecule has 0 bridgehead atoms. The molecule has 0 aromatic heterocycles. The van der Waals surface area contributed by atoms with E-state index >= 15 is 0 Å². The van der Waals surface area contributed by atoms with Crippen molar-refractivity contribution in [3.05, 3.63) is 130 Å². The largest absolute Gasteiger partial charge is 0.352 e. The average Bonchev–Trinajstić information content (AvgIpc) is 3.00. The van der Waals surface area contributed by atoms with Crippen molar-refractivity contribution in [3.8, 4) is 0 Å². The van der Waals surface area contributed by atoms with Gasteiger partial charge in [-0.25, -0.2) is 8.42 Å². The molecule has 45 heavy (non-hydrogen) atoms. The molecule has 4 rings (SSSR count). The average molecular weight is 626 g/mol. The monoisotopic (exact) mass is 625 g/mol. The Morgan fingerprint density at radius 3 is 2.02 bits per heavy atom. The number of hydrogen-bond acceptors (Lipinski definition) is 4. The number of nitrogens with zero attached hydrogens (tertiary/aromatic N) is 2. The van der Waals surface area contributed by atoms with Crippen LogP contribution in [0, 0.1) is 27.7 Å². The number of carbonyl (C=O) groups is 2. The number of anilines is 1. The molecule has 0 spiro atoms. The SMILES string of the molecule is Cc1ccc(S(=O)(=O)N(CC(=O)N(Cc2ccccc2C)[C@@H](Cc2ccccc2)C(=O)NC(C)C)c2cccc(C)c2C)cc1. The van der Waals surface area contributed by atoms with E-state index in [9.17, 15) is 18.0 Å². The molecular formula is C37H43N3O4S. The van der Waals surface area contributed by atoms with Gasteiger partial charge in [0, 0.05) is 19.0 Å². The molecular weight excluding hydrogens is 582 g/mol. The van der Waals surface area contributed by atoms with E-state index in [1.54, 1.807) is 36.4 Å². The number of sulfonamides is 1. The minimum atomic E-state index is -4.16. The maximum atomic E-state index is 14.6. The van der Waals surface area contributed by atoms with Crippen molar-refractivity contribution in [3.63, 3.8) is 0 Å². The minimum Gasteiger partial charge on any atom is -0.352 e. The molecule has 0 heterocycles. The van der Waals surface area contributed by atoms with Crippen LogP contribution in [0.1, 0.15) is 47.2 Å². The van der Waals surface area contributed by atoms with Gasteiger partial charge in [0.15, 0.2) is 0 Å². The number of hydrogen-bond donors (Lipinski definition) is 1. The molecule has 0 aliphatic heterocycles. The molecule has 0 radical (unpaired) electrons. The van der Waals surface area contributed by atoms with Crippen molar-refractivity contribution in [2.24, 2.45) is 0 Å². The zero-order chi connectivity index (χ0) is 32.7. The molecule has 8 heteroatoms. The molecule has 4 aromatic carbocycles. The fourth-order valence-corrected chi connectivity index (χ4v) is 6.73. The Hall–Kier alpha value is -4.43. The normalized spacial score (nSPS) is 12.1. The number of carbonyl (C=O) groups excluding carboxylic acids is 2. The summed E-state index contributed by atoms with van der Waals surface area (Å²) in [5.41, 5.74) is 5.74. The predicted octanol–water partition coefficient (Wildman–Crippen LogP) is 6.28. The van der Waals surface area contributed by atoms with Gasteiger partial charge < -0.3 is 10.2 Å². The van der Waals surface area contributed by atoms with E-state index in [1.165, 1.54) is 9.21 Å². The van der Waals surface area contributed by atoms with Gasteiger partial charge in [-0.3, -0.25) is 13.9 Å². The molecule has 1 N–H and O–H groups in total. The first-order valence-electron chi connectivity index (χ1n) is 15.2. The third kappa shape index (κ3) is 8.19. The summed E-state index contributed by atoms with van der Waals surface area (Å²) in [6.45, 7) is 11.0. The van der Waals surface area contributed by atoms with Crippen LogP contribution in [-0.2, 0) is 32.6 Å². The van der Waals surface area contributed by atoms with E-state index in [-0.39, 0.29) is 29.8 Å². The quantitative estimate of drug-likeness (QED) is 0.201. The van der Waals surface area contributed by atoms with Gasteiger partial charge >= 0.3 is 0 Å². The fourth-order valence-electron chi connectivity index (χ4n) is 5.26. The van der Waals surface area contributed by atoms with Crippen LogP contribution in [-0.4, -0.2) is 43.8 Å². The Balaban J connectivity index is 1.85. The van der Waals surface area contributed by atoms with Gasteiger partial charge in [-0.15, -0.1) is 0 Å². The maximum Gasteiger partial charge on any atom is 0.264 e. The lowest BCUT2D eigenvalue weighted by atomic mass is 10.0. The standard InChI is InChI=1S/C37H43N3O4S/c1-26(2)38-37(42)35(23-31-15-8-7-9-16-31)39(24-32-17-11-10-13-29(32)5)36(41)25-40(34-18-12-14-28(4)30(34)6)45(43,44)33-21-19-27(3)20-22-33/h7-22,26,35H,23-25H2,1-6H3,(H,38,42)/t35-/m0/s1. The van der Waals surface area contributed by atoms with Crippen molar-refractivity contribution in [1.82, 2.24) is 10.2 Å². The Kier molecular flexibility index (Phi) is 10.8. The van der Waals surface area contributed by atoms with Crippen molar-refractivity contribution in [2.45, 2.75) is 71.5 Å². The molecule has 7 nitrogen and oxygen atoms in total. The van der Waals surface area contributed by atoms with Gasteiger partial charge in [0.2, 0.25) is 11.8 Å². The molecule has 236 valence electrons. The minimum absolute atomic E-state index is 0.0886. The first-order chi connectivity index (χ1) is 21.4. The van der Waals surface area contributed by atoms with Crippen LogP contribution in [0.3, 0.4) is 0 Å². The van der Waals surface area contributed by atoms with E-state index in [0.717, 1.165) is 33.4 Å². The summed E-state index contributed by atoms with van der Waals surface area (Å²) in [6.07, 6.45) is 0.269. The summed E-state index contributed by atoms with van der Waals surface area (Å²) < 4.78 is 29.8. The molecule has 0 saturated carbocycles. The second-order valence-corrected chi connectivity index (χ2v) is 13.7. The van der Waals surface area contributed by atoms with Crippen LogP contribution in [0.5, 0.6) is 0 Å². The van der Waals surface area contributed by atoms with Crippen molar-refractivity contribution < 1.29 is 18.0 Å². The number of nitrogens with one attached hydrogen (secondary N) is 1. The van der Waals surface area contributed by atoms with E-state index in [2.05, 4.69) is 5.32 Å². The van der Waals surface area contributed by atoms with E-state index in [4.69, 9.17) is 0 Å². The lowest BCUT2D eigenvalue weighted by Gasteiger charge is -2.35. The third-order valence-electron chi connectivity index (χ3n) is 8.04. The highest BCUT2D eigenvalue weighted by Gasteiger charge is 2.35. The highest BCUT2D eigenvalue weighted by atomic mass is 32.2. The number of aryl methyl sites for hydroxylation is 3. The van der Waals surface area contributed by atoms with Crippen LogP contribution in [0.15, 0.2) is 102 Å². The topological polar surface area (TPSA) is 86.8 Å². The van der Waals surface area contributed by atoms with E-state index in [0.29, 0.717) is 5.69 Å². The van der Waals surface area contributed by atoms with Gasteiger partial charge in [0.05, 0.1) is 10.6 Å². The number of amides is 2. The molecule has 0 unspecified atom stereocenters. The van der Waals surface area contributed by atoms with Crippen LogP contribution in [0.2, 0.25) is 0 Å². The molecule has 0 aliphatic carbocycles. The molecule has 2 amide bonds. The Morgan fingerprint density at radius 2 is 1.38 bits per heavy atom. The molecule has 0 saturated heterocycles. The van der Waals surface area contributed by atoms with Crippen LogP contribution >= 0.6 is 0 Å². The van der Waals surface area contributed by atoms with E-state index < -0.39 is 28.5 Å². The van der Waals surface area contributed by atoms with Crippen molar-refractivity contribution in [2.75, 3.05) is 10.8 Å². The summed E-state index contributed by atoms with van der Waals surface area (Å²) >= 11 is 0. The lowest BCUT2D eigenvalue weighted by molar-refractivity contribution is -0.140. The highest BCUT2D eigenvalue weighted by Crippen LogP contribution is 2.29. The summed E-state index contributed by atoms with van der Waals surface area (Å²) in [7, 11) is -4.16. The molecule has 4 aromatic rings. The number of benzene rings is 4. The number of rotatable bonds is 12. The zero-order valence-electron chi connectivity index (χ0n) is 26.9. The smallest absolute Gasteiger partial charge is 0.264 e. The van der Waals surface area contributed by atoms with Crippen molar-refractivity contribution in [1.29, 1.82) is 0 Å². The second-order valence-electron chi connectivity index (χ2n) is 11.9. The lowest BCUT2D eigenvalue weighted by Crippen LogP contribution is -2.54. The Labute approximate surface area is 268 Å². The van der Waals surface area contributed by atoms with E-state index in [1.807, 2.05) is 102 Å². The van der Waals surface area contributed by atoms with Gasteiger partial charge in [-0.1, -0.05) is 84.4 Å². The predicted molar refractivity (Wildman–Crippen MR) is 181 cm³/mol. The first kappa shape index (κ1) is 33.5. The van der Waals surface area contributed by atoms with Crippen LogP contribution in [0.25, 0.3) is 0 Å². The zero-order valence-corrected chi connectivity index (χ0v) is 27.8. The van der Waals surface area contributed by atoms with Crippen molar-refractivity contribution >= 4 is 27.5 Å². The van der Waals surface area contributed by atoms with Crippen LogP contribution in [0.4, 0.5) is 5.69 Å². The summed E-state index contributed by atoms with van der Waals surface area (Å²) in [4.78, 5) is 30.1. The molecule has 0 aliphatic rings. The van der Waals surface area contributed by atoms with Gasteiger partial charge in [0.25, 0.3) is 10.0 Å². The highest BCUT2D eigenvalue weighted by molar-refractivity contribution is 7.92. The summed E-state index contributed by atoms with van der Waals surface area (Å²) in [5.74, 6) is -0.773. The third-order valence-corrected chi connectivity index (χ3v) is 9.81. The summed E-state index contributed by atoms with van der Waals surface area (Å²) in [6, 6.07) is 28.3. The van der Waals surface area contributed by atoms with Crippen LogP contribution < -0.4 is 9.62 Å². The first-order valence-corrected chi connectivity index (χ1v) is 16.7. The fraction of sp³-hybridized carbons (Fsp3) is 0.297. The Morgan fingerprint density at radius 1 is 0.756 bits per heavy atom. The molecule has 1 atom stereocenters. The van der Waals surface area contributed by atoms with Gasteiger partial charge in [-0.2, -0.15) is 0 Å². The molecule has 0 fully saturated rings. The summed E-state index contributed by atoms with van der Waals surface area (Å²) in [5, 5.41) is 3.00. The Bertz CT molecular complexity index is 1740.